The van der Waals surface area contributed by atoms with Crippen LogP contribution in [0.3, 0.4) is 0 Å². The number of carbonyl (C=O) groups is 2. The standard InChI is InChI=1S/C15H20N2O3/c1-11(18)16-13-9-15(19)17(10-13)8-7-12-3-5-14(20-2)6-4-12/h3-6,13H,7-10H2,1-2H3,(H,16,18)/t13-/m1/s1. The number of amides is 2. The van der Waals surface area contributed by atoms with Gasteiger partial charge in [-0.3, -0.25) is 9.59 Å². The van der Waals surface area contributed by atoms with Crippen molar-refractivity contribution in [1.29, 1.82) is 0 Å². The molecule has 0 aromatic heterocycles. The van der Waals surface area contributed by atoms with E-state index in [0.29, 0.717) is 19.5 Å². The average Bonchev–Trinajstić information content (AvgIpc) is 2.76. The van der Waals surface area contributed by atoms with Gasteiger partial charge in [-0.2, -0.15) is 0 Å². The van der Waals surface area contributed by atoms with E-state index < -0.39 is 0 Å². The Kier molecular flexibility index (Phi) is 4.61. The van der Waals surface area contributed by atoms with Gasteiger partial charge in [-0.15, -0.1) is 0 Å². The van der Waals surface area contributed by atoms with Crippen molar-refractivity contribution in [2.75, 3.05) is 20.2 Å². The first-order chi connectivity index (χ1) is 9.58. The zero-order valence-corrected chi connectivity index (χ0v) is 11.9. The first-order valence-corrected chi connectivity index (χ1v) is 6.76. The Hall–Kier alpha value is -2.04. The van der Waals surface area contributed by atoms with Gasteiger partial charge in [0.05, 0.1) is 13.2 Å². The first-order valence-electron chi connectivity index (χ1n) is 6.76. The van der Waals surface area contributed by atoms with Gasteiger partial charge in [0, 0.05) is 26.4 Å². The number of benzene rings is 1. The van der Waals surface area contributed by atoms with E-state index >= 15 is 0 Å². The summed E-state index contributed by atoms with van der Waals surface area (Å²) in [6.07, 6.45) is 1.21. The molecule has 108 valence electrons. The van der Waals surface area contributed by atoms with E-state index in [9.17, 15) is 9.59 Å². The molecule has 1 aliphatic heterocycles. The smallest absolute Gasteiger partial charge is 0.224 e. The lowest BCUT2D eigenvalue weighted by molar-refractivity contribution is -0.127. The third kappa shape index (κ3) is 3.73. The fourth-order valence-corrected chi connectivity index (χ4v) is 2.43. The van der Waals surface area contributed by atoms with Gasteiger partial charge in [0.25, 0.3) is 0 Å². The maximum atomic E-state index is 11.8. The van der Waals surface area contributed by atoms with Crippen LogP contribution in [0.1, 0.15) is 18.9 Å². The summed E-state index contributed by atoms with van der Waals surface area (Å²) < 4.78 is 5.11. The Morgan fingerprint density at radius 1 is 1.40 bits per heavy atom. The van der Waals surface area contributed by atoms with Gasteiger partial charge in [-0.25, -0.2) is 0 Å². The van der Waals surface area contributed by atoms with Crippen LogP contribution in [0.4, 0.5) is 0 Å². The van der Waals surface area contributed by atoms with Crippen LogP contribution in [0.25, 0.3) is 0 Å². The molecule has 5 nitrogen and oxygen atoms in total. The lowest BCUT2D eigenvalue weighted by Crippen LogP contribution is -2.36. The zero-order chi connectivity index (χ0) is 14.5. The Balaban J connectivity index is 1.84. The third-order valence-electron chi connectivity index (χ3n) is 3.45. The van der Waals surface area contributed by atoms with Crippen molar-refractivity contribution in [3.8, 4) is 5.75 Å². The number of hydrogen-bond donors (Lipinski definition) is 1. The minimum absolute atomic E-state index is 0.0455. The second-order valence-corrected chi connectivity index (χ2v) is 5.04. The maximum absolute atomic E-state index is 11.8. The molecule has 5 heteroatoms. The monoisotopic (exact) mass is 276 g/mol. The van der Waals surface area contributed by atoms with Crippen molar-refractivity contribution < 1.29 is 14.3 Å². The Morgan fingerprint density at radius 3 is 2.70 bits per heavy atom. The van der Waals surface area contributed by atoms with Crippen LogP contribution in [0.5, 0.6) is 5.75 Å². The number of likely N-dealkylation sites (tertiary alicyclic amines) is 1. The molecule has 1 saturated heterocycles. The SMILES string of the molecule is COc1ccc(CCN2C[C@H](NC(C)=O)CC2=O)cc1. The van der Waals surface area contributed by atoms with E-state index in [1.165, 1.54) is 12.5 Å². The minimum atomic E-state index is -0.0835. The van der Waals surface area contributed by atoms with Crippen LogP contribution in [0, 0.1) is 0 Å². The summed E-state index contributed by atoms with van der Waals surface area (Å²) in [5, 5.41) is 2.80. The molecule has 1 fully saturated rings. The number of carbonyl (C=O) groups excluding carboxylic acids is 2. The number of hydrogen-bond acceptors (Lipinski definition) is 3. The van der Waals surface area contributed by atoms with E-state index in [1.807, 2.05) is 29.2 Å². The van der Waals surface area contributed by atoms with E-state index in [-0.39, 0.29) is 17.9 Å². The van der Waals surface area contributed by atoms with Crippen molar-refractivity contribution in [1.82, 2.24) is 10.2 Å². The number of ether oxygens (including phenoxy) is 1. The van der Waals surface area contributed by atoms with E-state index in [2.05, 4.69) is 5.32 Å². The number of methoxy groups -OCH3 is 1. The summed E-state index contributed by atoms with van der Waals surface area (Å²) in [5.41, 5.74) is 1.17. The van der Waals surface area contributed by atoms with Gasteiger partial charge in [-0.1, -0.05) is 12.1 Å². The average molecular weight is 276 g/mol. The molecule has 1 aliphatic rings. The summed E-state index contributed by atoms with van der Waals surface area (Å²) >= 11 is 0. The normalized spacial score (nSPS) is 18.2. The highest BCUT2D eigenvalue weighted by Crippen LogP contribution is 2.15. The first kappa shape index (κ1) is 14.4. The van der Waals surface area contributed by atoms with Crippen molar-refractivity contribution in [2.24, 2.45) is 0 Å². The fraction of sp³-hybridized carbons (Fsp3) is 0.467. The number of nitrogens with zero attached hydrogens (tertiary/aromatic N) is 1. The number of rotatable bonds is 5. The summed E-state index contributed by atoms with van der Waals surface area (Å²) in [5.74, 6) is 0.855. The molecular formula is C15H20N2O3. The van der Waals surface area contributed by atoms with Crippen molar-refractivity contribution in [3.05, 3.63) is 29.8 Å². The predicted molar refractivity (Wildman–Crippen MR) is 75.5 cm³/mol. The Labute approximate surface area is 118 Å². The van der Waals surface area contributed by atoms with Crippen molar-refractivity contribution in [2.45, 2.75) is 25.8 Å². The van der Waals surface area contributed by atoms with Gasteiger partial charge < -0.3 is 15.0 Å². The lowest BCUT2D eigenvalue weighted by atomic mass is 10.1. The van der Waals surface area contributed by atoms with Gasteiger partial charge in [0.15, 0.2) is 0 Å². The van der Waals surface area contributed by atoms with E-state index in [0.717, 1.165) is 12.2 Å². The largest absolute Gasteiger partial charge is 0.497 e. The molecule has 2 amide bonds. The second-order valence-electron chi connectivity index (χ2n) is 5.04. The molecule has 20 heavy (non-hydrogen) atoms. The molecule has 1 N–H and O–H groups in total. The Morgan fingerprint density at radius 2 is 2.10 bits per heavy atom. The summed E-state index contributed by atoms with van der Waals surface area (Å²) in [4.78, 5) is 24.7. The molecule has 0 radical (unpaired) electrons. The van der Waals surface area contributed by atoms with Crippen LogP contribution >= 0.6 is 0 Å². The van der Waals surface area contributed by atoms with Crippen LogP contribution in [-0.2, 0) is 16.0 Å². The minimum Gasteiger partial charge on any atom is -0.497 e. The molecule has 2 rings (SSSR count). The highest BCUT2D eigenvalue weighted by molar-refractivity contribution is 5.81. The van der Waals surface area contributed by atoms with Gasteiger partial charge in [-0.05, 0) is 24.1 Å². The zero-order valence-electron chi connectivity index (χ0n) is 11.9. The second kappa shape index (κ2) is 6.41. The summed E-state index contributed by atoms with van der Waals surface area (Å²) in [7, 11) is 1.64. The quantitative estimate of drug-likeness (QED) is 0.872. The fourth-order valence-electron chi connectivity index (χ4n) is 2.43. The van der Waals surface area contributed by atoms with Crippen LogP contribution in [-0.4, -0.2) is 43.0 Å². The molecule has 0 saturated carbocycles. The highest BCUT2D eigenvalue weighted by Gasteiger charge is 2.29. The Bertz CT molecular complexity index is 484. The molecule has 1 heterocycles. The van der Waals surface area contributed by atoms with E-state index in [4.69, 9.17) is 4.74 Å². The van der Waals surface area contributed by atoms with Gasteiger partial charge >= 0.3 is 0 Å². The molecule has 0 spiro atoms. The summed E-state index contributed by atoms with van der Waals surface area (Å²) in [6, 6.07) is 7.80. The van der Waals surface area contributed by atoms with Gasteiger partial charge in [0.2, 0.25) is 11.8 Å². The van der Waals surface area contributed by atoms with Crippen LogP contribution in [0.2, 0.25) is 0 Å². The molecule has 0 bridgehead atoms. The maximum Gasteiger partial charge on any atom is 0.224 e. The third-order valence-corrected chi connectivity index (χ3v) is 3.45. The number of nitrogens with one attached hydrogen (secondary N) is 1. The topological polar surface area (TPSA) is 58.6 Å². The molecular weight excluding hydrogens is 256 g/mol. The molecule has 0 unspecified atom stereocenters. The molecule has 1 aromatic rings. The predicted octanol–water partition coefficient (Wildman–Crippen LogP) is 0.975. The molecule has 1 aromatic carbocycles. The van der Waals surface area contributed by atoms with E-state index in [1.54, 1.807) is 7.11 Å². The lowest BCUT2D eigenvalue weighted by Gasteiger charge is -2.16. The van der Waals surface area contributed by atoms with Crippen molar-refractivity contribution in [3.63, 3.8) is 0 Å². The molecule has 0 aliphatic carbocycles. The van der Waals surface area contributed by atoms with Crippen LogP contribution in [0.15, 0.2) is 24.3 Å². The van der Waals surface area contributed by atoms with Crippen molar-refractivity contribution >= 4 is 11.8 Å². The summed E-state index contributed by atoms with van der Waals surface area (Å²) in [6.45, 7) is 2.76. The highest BCUT2D eigenvalue weighted by atomic mass is 16.5. The molecule has 1 atom stereocenters. The van der Waals surface area contributed by atoms with Gasteiger partial charge in [0.1, 0.15) is 5.75 Å². The van der Waals surface area contributed by atoms with Crippen LogP contribution < -0.4 is 10.1 Å².